The van der Waals surface area contributed by atoms with Gasteiger partial charge in [0.05, 0.1) is 26.2 Å². The van der Waals surface area contributed by atoms with Crippen LogP contribution in [0.1, 0.15) is 19.4 Å². The molecule has 1 aromatic carbocycles. The molecule has 0 aromatic heterocycles. The van der Waals surface area contributed by atoms with Crippen LogP contribution in [0.5, 0.6) is 17.2 Å². The summed E-state index contributed by atoms with van der Waals surface area (Å²) in [7, 11) is 4.68. The normalized spacial score (nSPS) is 17.7. The molecule has 130 valence electrons. The molecule has 24 heavy (non-hydrogen) atoms. The fraction of sp³-hybridized carbons (Fsp3) is 0.412. The molecule has 1 aliphatic rings. The van der Waals surface area contributed by atoms with Gasteiger partial charge in [-0.3, -0.25) is 14.7 Å². The van der Waals surface area contributed by atoms with Crippen molar-refractivity contribution in [1.82, 2.24) is 4.90 Å². The van der Waals surface area contributed by atoms with E-state index in [9.17, 15) is 4.79 Å². The second-order valence-corrected chi connectivity index (χ2v) is 5.85. The number of hydrogen-bond acceptors (Lipinski definition) is 6. The minimum atomic E-state index is -0.0495. The molecule has 0 radical (unpaired) electrons. The lowest BCUT2D eigenvalue weighted by Crippen LogP contribution is -2.28. The number of thioether (sulfide) groups is 1. The number of aliphatic imine (C=N–C) groups is 1. The second kappa shape index (κ2) is 8.10. The fourth-order valence-corrected chi connectivity index (χ4v) is 3.52. The number of nitrogens with zero attached hydrogens (tertiary/aromatic N) is 2. The van der Waals surface area contributed by atoms with Gasteiger partial charge in [-0.05, 0) is 43.8 Å². The minimum absolute atomic E-state index is 0.0495. The summed E-state index contributed by atoms with van der Waals surface area (Å²) in [5, 5.41) is 0.732. The third kappa shape index (κ3) is 3.36. The van der Waals surface area contributed by atoms with Crippen LogP contribution in [0.15, 0.2) is 22.0 Å². The van der Waals surface area contributed by atoms with Crippen molar-refractivity contribution < 1.29 is 19.0 Å². The molecule has 0 unspecified atom stereocenters. The van der Waals surface area contributed by atoms with Crippen LogP contribution in [-0.4, -0.2) is 50.4 Å². The molecule has 0 spiro atoms. The zero-order valence-electron chi connectivity index (χ0n) is 14.6. The topological polar surface area (TPSA) is 60.4 Å². The highest BCUT2D eigenvalue weighted by molar-refractivity contribution is 8.18. The van der Waals surface area contributed by atoms with E-state index in [1.165, 1.54) is 11.8 Å². The second-order valence-electron chi connectivity index (χ2n) is 4.84. The van der Waals surface area contributed by atoms with Gasteiger partial charge in [-0.1, -0.05) is 0 Å². The van der Waals surface area contributed by atoms with Crippen molar-refractivity contribution in [2.75, 3.05) is 34.4 Å². The Morgan fingerprint density at radius 2 is 1.83 bits per heavy atom. The van der Waals surface area contributed by atoms with Gasteiger partial charge in [-0.2, -0.15) is 0 Å². The highest BCUT2D eigenvalue weighted by Gasteiger charge is 2.32. The molecule has 7 heteroatoms. The van der Waals surface area contributed by atoms with Crippen LogP contribution < -0.4 is 14.2 Å². The molecule has 0 aliphatic carbocycles. The van der Waals surface area contributed by atoms with Crippen LogP contribution in [0.2, 0.25) is 0 Å². The van der Waals surface area contributed by atoms with Gasteiger partial charge in [0.25, 0.3) is 5.91 Å². The van der Waals surface area contributed by atoms with Gasteiger partial charge in [0, 0.05) is 18.7 Å². The number of ether oxygens (including phenoxy) is 3. The van der Waals surface area contributed by atoms with E-state index >= 15 is 0 Å². The van der Waals surface area contributed by atoms with Crippen molar-refractivity contribution >= 4 is 28.9 Å². The van der Waals surface area contributed by atoms with Gasteiger partial charge < -0.3 is 14.2 Å². The summed E-state index contributed by atoms with van der Waals surface area (Å²) < 4.78 is 16.1. The van der Waals surface area contributed by atoms with Gasteiger partial charge in [0.15, 0.2) is 16.7 Å². The van der Waals surface area contributed by atoms with Crippen molar-refractivity contribution in [3.8, 4) is 17.2 Å². The largest absolute Gasteiger partial charge is 0.493 e. The molecule has 0 atom stereocenters. The summed E-state index contributed by atoms with van der Waals surface area (Å²) in [5.74, 6) is 1.55. The molecular weight excluding hydrogens is 328 g/mol. The summed E-state index contributed by atoms with van der Waals surface area (Å²) in [6.45, 7) is 5.11. The van der Waals surface area contributed by atoms with Crippen LogP contribution in [0.3, 0.4) is 0 Å². The minimum Gasteiger partial charge on any atom is -0.493 e. The average molecular weight is 350 g/mol. The molecule has 1 saturated heterocycles. The predicted octanol–water partition coefficient (Wildman–Crippen LogP) is 3.02. The van der Waals surface area contributed by atoms with Crippen molar-refractivity contribution in [2.45, 2.75) is 13.8 Å². The lowest BCUT2D eigenvalue weighted by atomic mass is 10.1. The molecule has 1 aliphatic heterocycles. The number of hydrogen-bond donors (Lipinski definition) is 0. The molecular formula is C17H22N2O4S. The Morgan fingerprint density at radius 1 is 1.12 bits per heavy atom. The van der Waals surface area contributed by atoms with E-state index in [1.807, 2.05) is 19.9 Å². The standard InChI is InChI=1S/C17H22N2O4S/c1-6-18-17-19(7-2)16(20)13(24-17)10-11-8-9-12(21-3)15(23-5)14(11)22-4/h8-10H,6-7H2,1-5H3/b13-10+,18-17?. The first kappa shape index (κ1) is 18.2. The van der Waals surface area contributed by atoms with Crippen molar-refractivity contribution in [1.29, 1.82) is 0 Å². The van der Waals surface area contributed by atoms with E-state index in [0.29, 0.717) is 35.2 Å². The van der Waals surface area contributed by atoms with E-state index in [2.05, 4.69) is 4.99 Å². The van der Waals surface area contributed by atoms with Crippen LogP contribution in [0.25, 0.3) is 6.08 Å². The van der Waals surface area contributed by atoms with Crippen molar-refractivity contribution in [3.05, 3.63) is 22.6 Å². The first-order valence-electron chi connectivity index (χ1n) is 7.66. The average Bonchev–Trinajstić information content (AvgIpc) is 2.89. The molecule has 2 rings (SSSR count). The van der Waals surface area contributed by atoms with E-state index in [-0.39, 0.29) is 5.91 Å². The molecule has 6 nitrogen and oxygen atoms in total. The number of carbonyl (C=O) groups excluding carboxylic acids is 1. The Labute approximate surface area is 146 Å². The molecule has 0 N–H and O–H groups in total. The number of methoxy groups -OCH3 is 3. The zero-order chi connectivity index (χ0) is 17.7. The summed E-state index contributed by atoms with van der Waals surface area (Å²) in [5.41, 5.74) is 0.750. The Balaban J connectivity index is 2.48. The van der Waals surface area contributed by atoms with Gasteiger partial charge >= 0.3 is 0 Å². The number of likely N-dealkylation sites (N-methyl/N-ethyl adjacent to an activating group) is 1. The predicted molar refractivity (Wildman–Crippen MR) is 97.0 cm³/mol. The monoisotopic (exact) mass is 350 g/mol. The van der Waals surface area contributed by atoms with Crippen LogP contribution in [-0.2, 0) is 4.79 Å². The maximum absolute atomic E-state index is 12.6. The Kier molecular flexibility index (Phi) is 6.14. The maximum Gasteiger partial charge on any atom is 0.266 e. The molecule has 0 saturated carbocycles. The van der Waals surface area contributed by atoms with Crippen molar-refractivity contribution in [3.63, 3.8) is 0 Å². The summed E-state index contributed by atoms with van der Waals surface area (Å²) in [6, 6.07) is 3.63. The highest BCUT2D eigenvalue weighted by atomic mass is 32.2. The third-order valence-electron chi connectivity index (χ3n) is 3.52. The number of rotatable bonds is 6. The third-order valence-corrected chi connectivity index (χ3v) is 4.56. The summed E-state index contributed by atoms with van der Waals surface area (Å²) >= 11 is 1.37. The zero-order valence-corrected chi connectivity index (χ0v) is 15.4. The smallest absolute Gasteiger partial charge is 0.266 e. The Morgan fingerprint density at radius 3 is 2.38 bits per heavy atom. The first-order valence-corrected chi connectivity index (χ1v) is 8.47. The van der Waals surface area contributed by atoms with Gasteiger partial charge in [-0.15, -0.1) is 0 Å². The van der Waals surface area contributed by atoms with Crippen LogP contribution in [0, 0.1) is 0 Å². The lowest BCUT2D eigenvalue weighted by molar-refractivity contribution is -0.122. The van der Waals surface area contributed by atoms with Crippen molar-refractivity contribution in [2.24, 2.45) is 4.99 Å². The maximum atomic E-state index is 12.6. The number of benzene rings is 1. The quantitative estimate of drug-likeness (QED) is 0.738. The Bertz CT molecular complexity index is 685. The van der Waals surface area contributed by atoms with Gasteiger partial charge in [0.1, 0.15) is 0 Å². The molecule has 0 bridgehead atoms. The first-order chi connectivity index (χ1) is 11.6. The van der Waals surface area contributed by atoms with Gasteiger partial charge in [-0.25, -0.2) is 0 Å². The number of carbonyl (C=O) groups is 1. The highest BCUT2D eigenvalue weighted by Crippen LogP contribution is 2.42. The summed E-state index contributed by atoms with van der Waals surface area (Å²) in [4.78, 5) is 19.2. The van der Waals surface area contributed by atoms with E-state index in [4.69, 9.17) is 14.2 Å². The van der Waals surface area contributed by atoms with E-state index < -0.39 is 0 Å². The van der Waals surface area contributed by atoms with Crippen LogP contribution in [0.4, 0.5) is 0 Å². The summed E-state index contributed by atoms with van der Waals surface area (Å²) in [6.07, 6.45) is 1.80. The number of amides is 1. The van der Waals surface area contributed by atoms with E-state index in [1.54, 1.807) is 38.4 Å². The molecule has 1 aromatic rings. The van der Waals surface area contributed by atoms with Gasteiger partial charge in [0.2, 0.25) is 5.75 Å². The lowest BCUT2D eigenvalue weighted by Gasteiger charge is -2.14. The van der Waals surface area contributed by atoms with Crippen LogP contribution >= 0.6 is 11.8 Å². The SMILES string of the molecule is CCN=C1S/C(=C/c2ccc(OC)c(OC)c2OC)C(=O)N1CC. The Hall–Kier alpha value is -2.15. The molecule has 1 fully saturated rings. The molecule has 1 heterocycles. The van der Waals surface area contributed by atoms with E-state index in [0.717, 1.165) is 10.7 Å². The molecule has 1 amide bonds. The number of amidine groups is 1. The fourth-order valence-electron chi connectivity index (χ4n) is 2.42.